The zero-order valence-electron chi connectivity index (χ0n) is 8.80. The maximum absolute atomic E-state index is 6.06. The summed E-state index contributed by atoms with van der Waals surface area (Å²) in [6, 6.07) is 0.284. The molecule has 0 amide bonds. The maximum atomic E-state index is 6.06. The van der Waals surface area contributed by atoms with E-state index in [0.717, 1.165) is 25.6 Å². The highest BCUT2D eigenvalue weighted by Gasteiger charge is 2.20. The maximum Gasteiger partial charge on any atom is 0.0620 e. The van der Waals surface area contributed by atoms with Crippen LogP contribution >= 0.6 is 0 Å². The summed E-state index contributed by atoms with van der Waals surface area (Å²) in [6.45, 7) is 3.76. The summed E-state index contributed by atoms with van der Waals surface area (Å²) in [5.41, 5.74) is 6.06. The van der Waals surface area contributed by atoms with Crippen LogP contribution in [0.3, 0.4) is 0 Å². The van der Waals surface area contributed by atoms with E-state index in [4.69, 9.17) is 10.5 Å². The minimum Gasteiger partial charge on any atom is -0.380 e. The van der Waals surface area contributed by atoms with Crippen molar-refractivity contribution in [1.29, 1.82) is 0 Å². The molecule has 1 fully saturated rings. The Labute approximate surface area is 81.8 Å². The molecule has 1 rings (SSSR count). The molecule has 1 atom stereocenters. The fraction of sp³-hybridized carbons (Fsp3) is 1.00. The van der Waals surface area contributed by atoms with Crippen LogP contribution in [0.4, 0.5) is 0 Å². The lowest BCUT2D eigenvalue weighted by Gasteiger charge is -2.27. The van der Waals surface area contributed by atoms with Crippen LogP contribution < -0.4 is 5.73 Å². The van der Waals surface area contributed by atoms with Gasteiger partial charge in [-0.1, -0.05) is 26.2 Å². The third kappa shape index (κ3) is 4.10. The van der Waals surface area contributed by atoms with E-state index < -0.39 is 0 Å². The van der Waals surface area contributed by atoms with Gasteiger partial charge in [0.2, 0.25) is 0 Å². The average Bonchev–Trinajstić information content (AvgIpc) is 2.19. The van der Waals surface area contributed by atoms with Crippen molar-refractivity contribution in [3.8, 4) is 0 Å². The van der Waals surface area contributed by atoms with E-state index in [1.54, 1.807) is 0 Å². The molecule has 2 N–H and O–H groups in total. The average molecular weight is 185 g/mol. The van der Waals surface area contributed by atoms with Gasteiger partial charge in [-0.05, 0) is 25.2 Å². The van der Waals surface area contributed by atoms with Crippen molar-refractivity contribution in [2.75, 3.05) is 13.2 Å². The fourth-order valence-corrected chi connectivity index (χ4v) is 2.06. The van der Waals surface area contributed by atoms with E-state index in [1.807, 2.05) is 0 Å². The van der Waals surface area contributed by atoms with Crippen molar-refractivity contribution in [3.63, 3.8) is 0 Å². The minimum atomic E-state index is 0.284. The summed E-state index contributed by atoms with van der Waals surface area (Å²) in [4.78, 5) is 0. The largest absolute Gasteiger partial charge is 0.380 e. The summed E-state index contributed by atoms with van der Waals surface area (Å²) in [5, 5.41) is 0. The second kappa shape index (κ2) is 6.39. The smallest absolute Gasteiger partial charge is 0.0620 e. The van der Waals surface area contributed by atoms with Crippen molar-refractivity contribution in [3.05, 3.63) is 0 Å². The van der Waals surface area contributed by atoms with Crippen molar-refractivity contribution < 1.29 is 4.74 Å². The van der Waals surface area contributed by atoms with Crippen molar-refractivity contribution in [2.45, 2.75) is 51.5 Å². The molecule has 0 heterocycles. The van der Waals surface area contributed by atoms with Gasteiger partial charge in [-0.25, -0.2) is 0 Å². The first-order valence-electron chi connectivity index (χ1n) is 5.68. The number of nitrogens with two attached hydrogens (primary N) is 1. The SMILES string of the molecule is CCCOCC(N)C1CCCCC1. The van der Waals surface area contributed by atoms with Crippen molar-refractivity contribution in [1.82, 2.24) is 0 Å². The Morgan fingerprint density at radius 3 is 2.62 bits per heavy atom. The molecular formula is C11H23NO. The van der Waals surface area contributed by atoms with Gasteiger partial charge >= 0.3 is 0 Å². The van der Waals surface area contributed by atoms with E-state index in [0.29, 0.717) is 0 Å². The van der Waals surface area contributed by atoms with Crippen LogP contribution in [0.25, 0.3) is 0 Å². The number of hydrogen-bond donors (Lipinski definition) is 1. The van der Waals surface area contributed by atoms with Gasteiger partial charge in [0.25, 0.3) is 0 Å². The molecule has 2 nitrogen and oxygen atoms in total. The Morgan fingerprint density at radius 1 is 1.31 bits per heavy atom. The lowest BCUT2D eigenvalue weighted by atomic mass is 9.84. The first-order valence-corrected chi connectivity index (χ1v) is 5.68. The predicted molar refractivity (Wildman–Crippen MR) is 55.7 cm³/mol. The molecule has 1 aliphatic rings. The van der Waals surface area contributed by atoms with Gasteiger partial charge in [-0.3, -0.25) is 0 Å². The van der Waals surface area contributed by atoms with Crippen LogP contribution in [0.1, 0.15) is 45.4 Å². The Balaban J connectivity index is 2.09. The summed E-state index contributed by atoms with van der Waals surface area (Å²) in [7, 11) is 0. The Bertz CT molecular complexity index is 121. The molecule has 13 heavy (non-hydrogen) atoms. The van der Waals surface area contributed by atoms with Crippen LogP contribution in [0.15, 0.2) is 0 Å². The Kier molecular flexibility index (Phi) is 5.40. The summed E-state index contributed by atoms with van der Waals surface area (Å²) in [6.07, 6.45) is 7.86. The monoisotopic (exact) mass is 185 g/mol. The highest BCUT2D eigenvalue weighted by molar-refractivity contribution is 4.75. The topological polar surface area (TPSA) is 35.2 Å². The van der Waals surface area contributed by atoms with Gasteiger partial charge < -0.3 is 10.5 Å². The highest BCUT2D eigenvalue weighted by atomic mass is 16.5. The van der Waals surface area contributed by atoms with E-state index in [9.17, 15) is 0 Å². The zero-order valence-corrected chi connectivity index (χ0v) is 8.80. The normalized spacial score (nSPS) is 21.7. The second-order valence-electron chi connectivity index (χ2n) is 4.14. The zero-order chi connectivity index (χ0) is 9.52. The van der Waals surface area contributed by atoms with E-state index in [-0.39, 0.29) is 6.04 Å². The lowest BCUT2D eigenvalue weighted by molar-refractivity contribution is 0.0981. The van der Waals surface area contributed by atoms with Crippen LogP contribution in [0, 0.1) is 5.92 Å². The van der Waals surface area contributed by atoms with Crippen LogP contribution in [-0.2, 0) is 4.74 Å². The molecule has 0 bridgehead atoms. The van der Waals surface area contributed by atoms with Crippen molar-refractivity contribution in [2.24, 2.45) is 11.7 Å². The first-order chi connectivity index (χ1) is 6.34. The van der Waals surface area contributed by atoms with Gasteiger partial charge in [0.15, 0.2) is 0 Å². The molecule has 2 heteroatoms. The van der Waals surface area contributed by atoms with Gasteiger partial charge in [0.05, 0.1) is 6.61 Å². The molecule has 0 spiro atoms. The standard InChI is InChI=1S/C11H23NO/c1-2-8-13-9-11(12)10-6-4-3-5-7-10/h10-11H,2-9,12H2,1H3. The van der Waals surface area contributed by atoms with Gasteiger partial charge in [-0.15, -0.1) is 0 Å². The van der Waals surface area contributed by atoms with Crippen LogP contribution in [0.5, 0.6) is 0 Å². The van der Waals surface area contributed by atoms with Gasteiger partial charge in [0, 0.05) is 12.6 Å². The Morgan fingerprint density at radius 2 is 2.00 bits per heavy atom. The molecule has 78 valence electrons. The molecule has 0 aromatic heterocycles. The third-order valence-corrected chi connectivity index (χ3v) is 2.91. The number of rotatable bonds is 5. The first kappa shape index (κ1) is 11.0. The molecule has 0 saturated heterocycles. The van der Waals surface area contributed by atoms with Crippen molar-refractivity contribution >= 4 is 0 Å². The molecule has 1 unspecified atom stereocenters. The highest BCUT2D eigenvalue weighted by Crippen LogP contribution is 2.25. The molecule has 0 aromatic rings. The summed E-state index contributed by atoms with van der Waals surface area (Å²) >= 11 is 0. The third-order valence-electron chi connectivity index (χ3n) is 2.91. The lowest BCUT2D eigenvalue weighted by Crippen LogP contribution is -2.36. The number of ether oxygens (including phenoxy) is 1. The quantitative estimate of drug-likeness (QED) is 0.667. The second-order valence-corrected chi connectivity index (χ2v) is 4.14. The molecule has 0 radical (unpaired) electrons. The van der Waals surface area contributed by atoms with Crippen LogP contribution in [0.2, 0.25) is 0 Å². The summed E-state index contributed by atoms with van der Waals surface area (Å²) in [5.74, 6) is 0.727. The minimum absolute atomic E-state index is 0.284. The van der Waals surface area contributed by atoms with E-state index in [2.05, 4.69) is 6.92 Å². The number of hydrogen-bond acceptors (Lipinski definition) is 2. The predicted octanol–water partition coefficient (Wildman–Crippen LogP) is 2.32. The van der Waals surface area contributed by atoms with Crippen LogP contribution in [-0.4, -0.2) is 19.3 Å². The van der Waals surface area contributed by atoms with Gasteiger partial charge in [-0.2, -0.15) is 0 Å². The Hall–Kier alpha value is -0.0800. The van der Waals surface area contributed by atoms with E-state index in [1.165, 1.54) is 32.1 Å². The van der Waals surface area contributed by atoms with Gasteiger partial charge in [0.1, 0.15) is 0 Å². The summed E-state index contributed by atoms with van der Waals surface area (Å²) < 4.78 is 5.47. The molecule has 1 aliphatic carbocycles. The molecule has 1 saturated carbocycles. The van der Waals surface area contributed by atoms with E-state index >= 15 is 0 Å². The molecule has 0 aromatic carbocycles. The molecule has 0 aliphatic heterocycles. The molecular weight excluding hydrogens is 162 g/mol. The fourth-order valence-electron chi connectivity index (χ4n) is 2.06.